The maximum Gasteiger partial charge on any atom is 0.0672 e. The number of rotatable bonds is 2. The van der Waals surface area contributed by atoms with Crippen LogP contribution in [-0.4, -0.2) is 35.7 Å². The van der Waals surface area contributed by atoms with Gasteiger partial charge in [-0.1, -0.05) is 6.42 Å². The summed E-state index contributed by atoms with van der Waals surface area (Å²) in [6.45, 7) is 2.49. The van der Waals surface area contributed by atoms with Crippen LogP contribution in [0.4, 0.5) is 0 Å². The highest BCUT2D eigenvalue weighted by molar-refractivity contribution is 4.98. The summed E-state index contributed by atoms with van der Waals surface area (Å²) in [6, 6.07) is 2.95. The summed E-state index contributed by atoms with van der Waals surface area (Å²) < 4.78 is 0. The van der Waals surface area contributed by atoms with Crippen LogP contribution in [0.5, 0.6) is 0 Å². The van der Waals surface area contributed by atoms with E-state index in [2.05, 4.69) is 11.0 Å². The van der Waals surface area contributed by atoms with Gasteiger partial charge in [-0.3, -0.25) is 4.90 Å². The number of hydrogen-bond donors (Lipinski definition) is 1. The Bertz CT molecular complexity index is 240. The van der Waals surface area contributed by atoms with Gasteiger partial charge in [0.05, 0.1) is 12.0 Å². The first kappa shape index (κ1) is 10.9. The number of aliphatic hydroxyl groups is 1. The van der Waals surface area contributed by atoms with Gasteiger partial charge in [-0.2, -0.15) is 5.26 Å². The Balaban J connectivity index is 1.87. The van der Waals surface area contributed by atoms with Crippen molar-refractivity contribution in [1.29, 1.82) is 5.26 Å². The predicted molar refractivity (Wildman–Crippen MR) is 58.1 cm³/mol. The van der Waals surface area contributed by atoms with Crippen molar-refractivity contribution in [2.75, 3.05) is 19.7 Å². The highest BCUT2D eigenvalue weighted by atomic mass is 16.3. The summed E-state index contributed by atoms with van der Waals surface area (Å²) in [7, 11) is 0. The molecular formula is C12H20N2O. The molecule has 1 N–H and O–H groups in total. The van der Waals surface area contributed by atoms with Crippen LogP contribution in [0.2, 0.25) is 0 Å². The largest absolute Gasteiger partial charge is 0.396 e. The number of nitrogens with zero attached hydrogens (tertiary/aromatic N) is 2. The van der Waals surface area contributed by atoms with Crippen LogP contribution in [0.25, 0.3) is 0 Å². The Hall–Kier alpha value is -0.590. The first-order chi connectivity index (χ1) is 7.35. The van der Waals surface area contributed by atoms with E-state index in [1.165, 1.54) is 12.8 Å². The molecule has 0 spiro atoms. The Kier molecular flexibility index (Phi) is 3.61. The molecule has 0 aromatic carbocycles. The van der Waals surface area contributed by atoms with Gasteiger partial charge < -0.3 is 5.11 Å². The Morgan fingerprint density at radius 3 is 2.53 bits per heavy atom. The van der Waals surface area contributed by atoms with E-state index >= 15 is 0 Å². The molecule has 0 amide bonds. The number of likely N-dealkylation sites (tertiary alicyclic amines) is 1. The molecule has 1 aliphatic carbocycles. The third kappa shape index (κ3) is 2.32. The highest BCUT2D eigenvalue weighted by Gasteiger charge is 2.33. The molecule has 0 aromatic heterocycles. The van der Waals surface area contributed by atoms with Gasteiger partial charge in [0.25, 0.3) is 0 Å². The lowest BCUT2D eigenvalue weighted by molar-refractivity contribution is 0.0928. The molecule has 0 radical (unpaired) electrons. The maximum absolute atomic E-state index is 9.07. The molecule has 2 atom stereocenters. The van der Waals surface area contributed by atoms with Crippen LogP contribution < -0.4 is 0 Å². The maximum atomic E-state index is 9.07. The summed E-state index contributed by atoms with van der Waals surface area (Å²) in [5, 5.41) is 18.1. The van der Waals surface area contributed by atoms with Gasteiger partial charge in [0.2, 0.25) is 0 Å². The number of nitriles is 1. The molecule has 1 saturated carbocycles. The van der Waals surface area contributed by atoms with Crippen molar-refractivity contribution in [2.24, 2.45) is 11.8 Å². The van der Waals surface area contributed by atoms with Gasteiger partial charge in [0, 0.05) is 12.6 Å². The zero-order valence-corrected chi connectivity index (χ0v) is 9.23. The second-order valence-electron chi connectivity index (χ2n) is 4.90. The van der Waals surface area contributed by atoms with Gasteiger partial charge in [0.1, 0.15) is 0 Å². The van der Waals surface area contributed by atoms with Gasteiger partial charge >= 0.3 is 0 Å². The lowest BCUT2D eigenvalue weighted by Crippen LogP contribution is -2.43. The third-order valence-corrected chi connectivity index (χ3v) is 4.02. The number of piperidine rings is 1. The lowest BCUT2D eigenvalue weighted by Gasteiger charge is -2.36. The molecule has 0 aromatic rings. The van der Waals surface area contributed by atoms with Crippen LogP contribution in [0.15, 0.2) is 0 Å². The summed E-state index contributed by atoms with van der Waals surface area (Å²) in [5.74, 6) is 0.763. The average molecular weight is 208 g/mol. The fourth-order valence-corrected chi connectivity index (χ4v) is 3.00. The molecule has 3 heteroatoms. The monoisotopic (exact) mass is 208 g/mol. The van der Waals surface area contributed by atoms with E-state index in [1.54, 1.807) is 0 Å². The van der Waals surface area contributed by atoms with Crippen molar-refractivity contribution in [2.45, 2.75) is 38.1 Å². The van der Waals surface area contributed by atoms with E-state index in [-0.39, 0.29) is 5.92 Å². The van der Waals surface area contributed by atoms with E-state index in [9.17, 15) is 0 Å². The Labute approximate surface area is 91.7 Å². The van der Waals surface area contributed by atoms with Gasteiger partial charge in [-0.25, -0.2) is 0 Å². The molecule has 3 nitrogen and oxygen atoms in total. The Morgan fingerprint density at radius 2 is 1.93 bits per heavy atom. The quantitative estimate of drug-likeness (QED) is 0.746. The average Bonchev–Trinajstić information content (AvgIpc) is 2.77. The summed E-state index contributed by atoms with van der Waals surface area (Å²) >= 11 is 0. The SMILES string of the molecule is N#CC1CCCC1N1CCC(CO)CC1. The molecule has 2 unspecified atom stereocenters. The second kappa shape index (κ2) is 4.96. The van der Waals surface area contributed by atoms with Gasteiger partial charge in [-0.15, -0.1) is 0 Å². The minimum absolute atomic E-state index is 0.260. The zero-order chi connectivity index (χ0) is 10.7. The molecule has 2 fully saturated rings. The minimum Gasteiger partial charge on any atom is -0.396 e. The fourth-order valence-electron chi connectivity index (χ4n) is 3.00. The van der Waals surface area contributed by atoms with Gasteiger partial charge in [0.15, 0.2) is 0 Å². The summed E-state index contributed by atoms with van der Waals surface area (Å²) in [6.07, 6.45) is 5.70. The topological polar surface area (TPSA) is 47.3 Å². The van der Waals surface area contributed by atoms with Crippen molar-refractivity contribution in [3.8, 4) is 6.07 Å². The van der Waals surface area contributed by atoms with Crippen LogP contribution in [0.3, 0.4) is 0 Å². The van der Waals surface area contributed by atoms with E-state index < -0.39 is 0 Å². The van der Waals surface area contributed by atoms with Gasteiger partial charge in [-0.05, 0) is 44.7 Å². The molecule has 2 rings (SSSR count). The normalized spacial score (nSPS) is 34.1. The standard InChI is InChI=1S/C12H20N2O/c13-8-11-2-1-3-12(11)14-6-4-10(9-15)5-7-14/h10-12,15H,1-7,9H2. The lowest BCUT2D eigenvalue weighted by atomic mass is 9.94. The first-order valence-corrected chi connectivity index (χ1v) is 6.09. The molecule has 1 heterocycles. The summed E-state index contributed by atoms with van der Waals surface area (Å²) in [4.78, 5) is 2.48. The summed E-state index contributed by atoms with van der Waals surface area (Å²) in [5.41, 5.74) is 0. The van der Waals surface area contributed by atoms with Crippen LogP contribution in [0, 0.1) is 23.2 Å². The first-order valence-electron chi connectivity index (χ1n) is 6.09. The third-order valence-electron chi connectivity index (χ3n) is 4.02. The molecule has 84 valence electrons. The Morgan fingerprint density at radius 1 is 1.20 bits per heavy atom. The molecule has 1 aliphatic heterocycles. The molecule has 0 bridgehead atoms. The van der Waals surface area contributed by atoms with Crippen molar-refractivity contribution in [3.05, 3.63) is 0 Å². The minimum atomic E-state index is 0.260. The van der Waals surface area contributed by atoms with Crippen molar-refractivity contribution >= 4 is 0 Å². The predicted octanol–water partition coefficient (Wildman–Crippen LogP) is 1.38. The molecule has 1 saturated heterocycles. The van der Waals surface area contributed by atoms with Crippen LogP contribution >= 0.6 is 0 Å². The van der Waals surface area contributed by atoms with Crippen molar-refractivity contribution < 1.29 is 5.11 Å². The molecule has 2 aliphatic rings. The fraction of sp³-hybridized carbons (Fsp3) is 0.917. The highest BCUT2D eigenvalue weighted by Crippen LogP contribution is 2.31. The van der Waals surface area contributed by atoms with E-state index in [1.807, 2.05) is 0 Å². The number of hydrogen-bond acceptors (Lipinski definition) is 3. The number of aliphatic hydroxyl groups excluding tert-OH is 1. The van der Waals surface area contributed by atoms with Crippen molar-refractivity contribution in [1.82, 2.24) is 4.90 Å². The second-order valence-corrected chi connectivity index (χ2v) is 4.90. The zero-order valence-electron chi connectivity index (χ0n) is 9.23. The van der Waals surface area contributed by atoms with Crippen molar-refractivity contribution in [3.63, 3.8) is 0 Å². The van der Waals surface area contributed by atoms with E-state index in [0.717, 1.165) is 32.4 Å². The molecular weight excluding hydrogens is 188 g/mol. The smallest absolute Gasteiger partial charge is 0.0672 e. The van der Waals surface area contributed by atoms with E-state index in [4.69, 9.17) is 10.4 Å². The molecule has 15 heavy (non-hydrogen) atoms. The van der Waals surface area contributed by atoms with Crippen LogP contribution in [-0.2, 0) is 0 Å². The van der Waals surface area contributed by atoms with E-state index in [0.29, 0.717) is 18.6 Å². The van der Waals surface area contributed by atoms with Crippen LogP contribution in [0.1, 0.15) is 32.1 Å².